The van der Waals surface area contributed by atoms with E-state index in [0.717, 1.165) is 16.5 Å². The summed E-state index contributed by atoms with van der Waals surface area (Å²) in [5, 5.41) is 8.27. The first kappa shape index (κ1) is 12.6. The first-order valence-electron chi connectivity index (χ1n) is 5.57. The Morgan fingerprint density at radius 3 is 2.56 bits per heavy atom. The van der Waals surface area contributed by atoms with E-state index < -0.39 is 0 Å². The van der Waals surface area contributed by atoms with Crippen LogP contribution < -0.4 is 9.88 Å². The van der Waals surface area contributed by atoms with Crippen LogP contribution in [-0.2, 0) is 14.1 Å². The third-order valence-corrected chi connectivity index (χ3v) is 3.45. The molecule has 0 aliphatic carbocycles. The minimum Gasteiger partial charge on any atom is -0.388 e. The third-order valence-electron chi connectivity index (χ3n) is 2.55. The molecule has 94 valence electrons. The highest BCUT2D eigenvalue weighted by molar-refractivity contribution is 7.97. The average Bonchev–Trinajstić information content (AvgIpc) is 2.71. The highest BCUT2D eigenvalue weighted by Crippen LogP contribution is 2.20. The highest BCUT2D eigenvalue weighted by Gasteiger charge is 2.11. The summed E-state index contributed by atoms with van der Waals surface area (Å²) < 4.78 is 8.16. The molecule has 2 rings (SSSR count). The molecule has 0 aliphatic heterocycles. The van der Waals surface area contributed by atoms with Gasteiger partial charge in [0.05, 0.1) is 19.8 Å². The SMILES string of the molecule is CNc1ccc(N=NSc2n(C)cc[n+]2C)cc1. The number of anilines is 1. The topological polar surface area (TPSA) is 45.6 Å². The van der Waals surface area contributed by atoms with Crippen molar-refractivity contribution < 1.29 is 4.57 Å². The Hall–Kier alpha value is -1.82. The van der Waals surface area contributed by atoms with Gasteiger partial charge >= 0.3 is 5.16 Å². The molecule has 0 saturated heterocycles. The smallest absolute Gasteiger partial charge is 0.342 e. The summed E-state index contributed by atoms with van der Waals surface area (Å²) in [7, 11) is 5.86. The van der Waals surface area contributed by atoms with Crippen molar-refractivity contribution in [3.8, 4) is 0 Å². The maximum absolute atomic E-state index is 4.17. The number of aromatic nitrogens is 2. The summed E-state index contributed by atoms with van der Waals surface area (Å²) in [5.41, 5.74) is 1.91. The number of benzene rings is 1. The van der Waals surface area contributed by atoms with E-state index in [4.69, 9.17) is 0 Å². The van der Waals surface area contributed by atoms with Gasteiger partial charge in [0.15, 0.2) is 0 Å². The lowest BCUT2D eigenvalue weighted by Crippen LogP contribution is -2.28. The Kier molecular flexibility index (Phi) is 3.99. The Balaban J connectivity index is 2.03. The van der Waals surface area contributed by atoms with Crippen molar-refractivity contribution in [2.24, 2.45) is 23.7 Å². The zero-order valence-electron chi connectivity index (χ0n) is 10.7. The second-order valence-electron chi connectivity index (χ2n) is 3.87. The van der Waals surface area contributed by atoms with Gasteiger partial charge in [0, 0.05) is 12.7 Å². The standard InChI is InChI=1S/C12H16N5S/c1-13-10-4-6-11(7-5-10)14-15-18-12-16(2)8-9-17(12)3/h4-9,13H,1-3H3/q+1. The highest BCUT2D eigenvalue weighted by atomic mass is 32.2. The number of rotatable bonds is 4. The zero-order chi connectivity index (χ0) is 13.0. The molecule has 0 radical (unpaired) electrons. The summed E-state index contributed by atoms with van der Waals surface area (Å²) >= 11 is 1.35. The van der Waals surface area contributed by atoms with Crippen molar-refractivity contribution in [1.82, 2.24) is 4.57 Å². The van der Waals surface area contributed by atoms with Crippen molar-refractivity contribution in [2.45, 2.75) is 5.16 Å². The van der Waals surface area contributed by atoms with E-state index in [0.29, 0.717) is 0 Å². The normalized spacial score (nSPS) is 11.1. The minimum absolute atomic E-state index is 0.846. The Labute approximate surface area is 111 Å². The summed E-state index contributed by atoms with van der Waals surface area (Å²) in [6, 6.07) is 7.81. The van der Waals surface area contributed by atoms with E-state index in [1.165, 1.54) is 11.9 Å². The van der Waals surface area contributed by atoms with E-state index in [9.17, 15) is 0 Å². The lowest BCUT2D eigenvalue weighted by atomic mass is 10.3. The van der Waals surface area contributed by atoms with Gasteiger partial charge in [-0.1, -0.05) is 0 Å². The molecule has 0 amide bonds. The van der Waals surface area contributed by atoms with Gasteiger partial charge in [0.1, 0.15) is 24.3 Å². The number of hydrogen-bond donors (Lipinski definition) is 1. The summed E-state index contributed by atoms with van der Waals surface area (Å²) in [4.78, 5) is 0. The van der Waals surface area contributed by atoms with Gasteiger partial charge in [-0.05, 0) is 24.3 Å². The first-order valence-corrected chi connectivity index (χ1v) is 6.35. The Morgan fingerprint density at radius 1 is 1.28 bits per heavy atom. The van der Waals surface area contributed by atoms with Crippen molar-refractivity contribution in [2.75, 3.05) is 12.4 Å². The Morgan fingerprint density at radius 2 is 2.00 bits per heavy atom. The summed E-state index contributed by atoms with van der Waals surface area (Å²) in [6.07, 6.45) is 3.97. The zero-order valence-corrected chi connectivity index (χ0v) is 11.5. The molecule has 0 unspecified atom stereocenters. The second-order valence-corrected chi connectivity index (χ2v) is 4.58. The van der Waals surface area contributed by atoms with Crippen molar-refractivity contribution in [3.05, 3.63) is 36.7 Å². The molecule has 0 atom stereocenters. The van der Waals surface area contributed by atoms with Gasteiger partial charge in [-0.3, -0.25) is 0 Å². The van der Waals surface area contributed by atoms with Crippen LogP contribution in [0.2, 0.25) is 0 Å². The van der Waals surface area contributed by atoms with Crippen LogP contribution in [0.3, 0.4) is 0 Å². The fourth-order valence-corrected chi connectivity index (χ4v) is 2.09. The first-order chi connectivity index (χ1) is 8.70. The maximum Gasteiger partial charge on any atom is 0.342 e. The van der Waals surface area contributed by atoms with Crippen molar-refractivity contribution in [1.29, 1.82) is 0 Å². The van der Waals surface area contributed by atoms with E-state index in [1.54, 1.807) is 0 Å². The Bertz CT molecular complexity index is 525. The van der Waals surface area contributed by atoms with Gasteiger partial charge in [0.2, 0.25) is 0 Å². The molecule has 6 heteroatoms. The van der Waals surface area contributed by atoms with Gasteiger partial charge < -0.3 is 5.32 Å². The molecule has 0 saturated carbocycles. The summed E-state index contributed by atoms with van der Waals surface area (Å²) in [6.45, 7) is 0. The quantitative estimate of drug-likeness (QED) is 0.523. The number of nitrogens with one attached hydrogen (secondary N) is 1. The fraction of sp³-hybridized carbons (Fsp3) is 0.250. The predicted octanol–water partition coefficient (Wildman–Crippen LogP) is 2.68. The van der Waals surface area contributed by atoms with Crippen LogP contribution in [0.15, 0.2) is 51.4 Å². The average molecular weight is 262 g/mol. The maximum atomic E-state index is 4.17. The molecule has 1 aromatic heterocycles. The van der Waals surface area contributed by atoms with E-state index in [1.807, 2.05) is 66.9 Å². The van der Waals surface area contributed by atoms with Gasteiger partial charge in [0.25, 0.3) is 0 Å². The molecular formula is C12H16N5S+. The molecule has 0 bridgehead atoms. The molecule has 1 heterocycles. The van der Waals surface area contributed by atoms with E-state index >= 15 is 0 Å². The number of imidazole rings is 1. The molecule has 2 aromatic rings. The molecule has 1 N–H and O–H groups in total. The predicted molar refractivity (Wildman–Crippen MR) is 73.0 cm³/mol. The number of aryl methyl sites for hydroxylation is 2. The van der Waals surface area contributed by atoms with E-state index in [-0.39, 0.29) is 0 Å². The molecule has 0 spiro atoms. The fourth-order valence-electron chi connectivity index (χ4n) is 1.50. The van der Waals surface area contributed by atoms with Crippen molar-refractivity contribution >= 4 is 23.3 Å². The largest absolute Gasteiger partial charge is 0.388 e. The molecule has 5 nitrogen and oxygen atoms in total. The lowest BCUT2D eigenvalue weighted by molar-refractivity contribution is -0.709. The van der Waals surface area contributed by atoms with E-state index in [2.05, 4.69) is 15.0 Å². The minimum atomic E-state index is 0.846. The third kappa shape index (κ3) is 2.89. The van der Waals surface area contributed by atoms with Crippen LogP contribution in [0.1, 0.15) is 0 Å². The lowest BCUT2D eigenvalue weighted by Gasteiger charge is -1.98. The van der Waals surface area contributed by atoms with Gasteiger partial charge in [-0.15, -0.1) is 9.63 Å². The van der Waals surface area contributed by atoms with Crippen LogP contribution in [0.5, 0.6) is 0 Å². The monoisotopic (exact) mass is 262 g/mol. The molecule has 0 fully saturated rings. The van der Waals surface area contributed by atoms with Crippen LogP contribution >= 0.6 is 11.9 Å². The van der Waals surface area contributed by atoms with Crippen LogP contribution in [0.25, 0.3) is 0 Å². The molecule has 18 heavy (non-hydrogen) atoms. The van der Waals surface area contributed by atoms with Crippen molar-refractivity contribution in [3.63, 3.8) is 0 Å². The van der Waals surface area contributed by atoms with Crippen LogP contribution in [0, 0.1) is 0 Å². The van der Waals surface area contributed by atoms with Crippen LogP contribution in [0.4, 0.5) is 11.4 Å². The van der Waals surface area contributed by atoms with Gasteiger partial charge in [-0.25, -0.2) is 9.13 Å². The molecular weight excluding hydrogens is 246 g/mol. The van der Waals surface area contributed by atoms with Crippen LogP contribution in [-0.4, -0.2) is 11.6 Å². The molecule has 1 aromatic carbocycles. The summed E-state index contributed by atoms with van der Waals surface area (Å²) in [5.74, 6) is 0. The number of nitrogens with zero attached hydrogens (tertiary/aromatic N) is 4. The number of hydrogen-bond acceptors (Lipinski definition) is 4. The van der Waals surface area contributed by atoms with Gasteiger partial charge in [-0.2, -0.15) is 0 Å². The molecule has 0 aliphatic rings. The second kappa shape index (κ2) is 5.68.